The number of anilines is 2. The van der Waals surface area contributed by atoms with Crippen LogP contribution in [0.1, 0.15) is 55.0 Å². The van der Waals surface area contributed by atoms with Gasteiger partial charge in [-0.3, -0.25) is 0 Å². The molecule has 0 spiro atoms. The second-order valence-electron chi connectivity index (χ2n) is 8.71. The predicted octanol–water partition coefficient (Wildman–Crippen LogP) is 4.26. The zero-order valence-electron chi connectivity index (χ0n) is 20.1. The van der Waals surface area contributed by atoms with Crippen molar-refractivity contribution in [2.45, 2.75) is 51.4 Å². The monoisotopic (exact) mass is 476 g/mol. The van der Waals surface area contributed by atoms with Gasteiger partial charge < -0.3 is 25.0 Å². The van der Waals surface area contributed by atoms with Crippen LogP contribution in [-0.2, 0) is 6.42 Å². The van der Waals surface area contributed by atoms with E-state index in [1.54, 1.807) is 6.20 Å². The third kappa shape index (κ3) is 6.35. The third-order valence-corrected chi connectivity index (χ3v) is 6.18. The fourth-order valence-electron chi connectivity index (χ4n) is 4.47. The van der Waals surface area contributed by atoms with E-state index in [-0.39, 0.29) is 13.0 Å². The van der Waals surface area contributed by atoms with E-state index < -0.39 is 0 Å². The number of benzene rings is 1. The van der Waals surface area contributed by atoms with Crippen molar-refractivity contribution in [3.05, 3.63) is 47.5 Å². The van der Waals surface area contributed by atoms with E-state index in [9.17, 15) is 5.26 Å². The summed E-state index contributed by atoms with van der Waals surface area (Å²) < 4.78 is 11.4. The number of rotatable bonds is 11. The maximum atomic E-state index is 9.39. The molecule has 0 atom stereocenters. The summed E-state index contributed by atoms with van der Waals surface area (Å²) in [7, 11) is 0. The molecule has 1 fully saturated rings. The zero-order valence-corrected chi connectivity index (χ0v) is 20.1. The van der Waals surface area contributed by atoms with Crippen molar-refractivity contribution < 1.29 is 14.4 Å². The minimum absolute atomic E-state index is 0.102. The number of aryl methyl sites for hydroxylation is 1. The van der Waals surface area contributed by atoms with Crippen LogP contribution < -0.4 is 15.4 Å². The van der Waals surface area contributed by atoms with Gasteiger partial charge in [-0.1, -0.05) is 30.5 Å². The highest BCUT2D eigenvalue weighted by molar-refractivity contribution is 5.70. The average molecular weight is 477 g/mol. The van der Waals surface area contributed by atoms with Crippen molar-refractivity contribution in [1.29, 1.82) is 5.26 Å². The first kappa shape index (κ1) is 24.6. The molecule has 0 amide bonds. The van der Waals surface area contributed by atoms with Crippen molar-refractivity contribution >= 4 is 11.6 Å². The molecule has 1 aromatic carbocycles. The fourth-order valence-corrected chi connectivity index (χ4v) is 4.47. The van der Waals surface area contributed by atoms with Crippen molar-refractivity contribution in [1.82, 2.24) is 20.4 Å². The number of aliphatic hydroxyl groups is 1. The molecule has 35 heavy (non-hydrogen) atoms. The minimum Gasteiger partial charge on any atom is -0.492 e. The van der Waals surface area contributed by atoms with E-state index in [4.69, 9.17) is 19.4 Å². The SMILES string of the molecule is Cc1onc(C2CCCCC2)c1-c1nc(Nc2cccc(OCCNCCO)c2)ncc1CC#N. The number of hydrogen-bond acceptors (Lipinski definition) is 9. The molecule has 4 rings (SSSR count). The van der Waals surface area contributed by atoms with Crippen LogP contribution in [0.3, 0.4) is 0 Å². The first-order valence-electron chi connectivity index (χ1n) is 12.2. The molecule has 2 aromatic heterocycles. The molecule has 9 nitrogen and oxygen atoms in total. The number of nitriles is 1. The van der Waals surface area contributed by atoms with Crippen molar-refractivity contribution in [3.8, 4) is 23.1 Å². The summed E-state index contributed by atoms with van der Waals surface area (Å²) in [5.74, 6) is 2.20. The average Bonchev–Trinajstić information content (AvgIpc) is 3.27. The molecule has 2 heterocycles. The van der Waals surface area contributed by atoms with E-state index in [1.165, 1.54) is 19.3 Å². The van der Waals surface area contributed by atoms with Crippen LogP contribution in [0.2, 0.25) is 0 Å². The van der Waals surface area contributed by atoms with Gasteiger partial charge in [0.15, 0.2) is 0 Å². The summed E-state index contributed by atoms with van der Waals surface area (Å²) >= 11 is 0. The molecule has 184 valence electrons. The van der Waals surface area contributed by atoms with E-state index in [0.717, 1.165) is 41.1 Å². The van der Waals surface area contributed by atoms with Crippen LogP contribution in [0.25, 0.3) is 11.3 Å². The number of aliphatic hydroxyl groups excluding tert-OH is 1. The molecule has 0 saturated heterocycles. The molecule has 9 heteroatoms. The smallest absolute Gasteiger partial charge is 0.227 e. The standard InChI is InChI=1S/C26H32N6O3/c1-18-23(25(32-35-18)19-6-3-2-4-7-19)24-20(10-11-27)17-29-26(31-24)30-21-8-5-9-22(16-21)34-15-13-28-12-14-33/h5,8-9,16-17,19,28,33H,2-4,6-7,10,12-15H2,1H3,(H,29,30,31). The number of nitrogens with zero attached hydrogens (tertiary/aromatic N) is 4. The Bertz CT molecular complexity index is 1150. The van der Waals surface area contributed by atoms with Gasteiger partial charge in [-0.15, -0.1) is 0 Å². The van der Waals surface area contributed by atoms with E-state index in [2.05, 4.69) is 26.8 Å². The molecule has 0 bridgehead atoms. The number of ether oxygens (including phenoxy) is 1. The Labute approximate surface area is 205 Å². The van der Waals surface area contributed by atoms with Gasteiger partial charge in [-0.2, -0.15) is 5.26 Å². The van der Waals surface area contributed by atoms with Crippen LogP contribution in [0.5, 0.6) is 5.75 Å². The highest BCUT2D eigenvalue weighted by Gasteiger charge is 2.27. The predicted molar refractivity (Wildman–Crippen MR) is 133 cm³/mol. The van der Waals surface area contributed by atoms with Crippen LogP contribution in [0.15, 0.2) is 35.0 Å². The molecule has 3 aromatic rings. The van der Waals surface area contributed by atoms with Gasteiger partial charge in [0.05, 0.1) is 36.0 Å². The number of aromatic nitrogens is 3. The van der Waals surface area contributed by atoms with E-state index >= 15 is 0 Å². The van der Waals surface area contributed by atoms with Gasteiger partial charge in [0, 0.05) is 42.5 Å². The summed E-state index contributed by atoms with van der Waals surface area (Å²) in [5, 5.41) is 29.0. The van der Waals surface area contributed by atoms with Gasteiger partial charge in [0.2, 0.25) is 5.95 Å². The maximum Gasteiger partial charge on any atom is 0.227 e. The molecule has 1 aliphatic carbocycles. The van der Waals surface area contributed by atoms with Crippen LogP contribution >= 0.6 is 0 Å². The lowest BCUT2D eigenvalue weighted by atomic mass is 9.84. The lowest BCUT2D eigenvalue weighted by Crippen LogP contribution is -2.23. The molecular weight excluding hydrogens is 444 g/mol. The van der Waals surface area contributed by atoms with E-state index in [1.807, 2.05) is 31.2 Å². The lowest BCUT2D eigenvalue weighted by Gasteiger charge is -2.20. The Kier molecular flexibility index (Phi) is 8.65. The largest absolute Gasteiger partial charge is 0.492 e. The Morgan fingerprint density at radius 2 is 2.09 bits per heavy atom. The summed E-state index contributed by atoms with van der Waals surface area (Å²) in [6.07, 6.45) is 7.72. The van der Waals surface area contributed by atoms with Gasteiger partial charge in [-0.05, 0) is 31.9 Å². The van der Waals surface area contributed by atoms with Crippen LogP contribution in [-0.4, -0.2) is 46.5 Å². The molecule has 0 unspecified atom stereocenters. The summed E-state index contributed by atoms with van der Waals surface area (Å²) in [6, 6.07) is 9.81. The Balaban J connectivity index is 1.57. The first-order valence-corrected chi connectivity index (χ1v) is 12.2. The molecular formula is C26H32N6O3. The first-order chi connectivity index (χ1) is 17.2. The zero-order chi connectivity index (χ0) is 24.5. The minimum atomic E-state index is 0.102. The van der Waals surface area contributed by atoms with Gasteiger partial charge in [0.1, 0.15) is 18.1 Å². The highest BCUT2D eigenvalue weighted by atomic mass is 16.5. The summed E-state index contributed by atoms with van der Waals surface area (Å²) in [6.45, 7) is 3.68. The Hall–Kier alpha value is -3.48. The molecule has 1 saturated carbocycles. The summed E-state index contributed by atoms with van der Waals surface area (Å²) in [4.78, 5) is 9.28. The molecule has 1 aliphatic rings. The van der Waals surface area contributed by atoms with Crippen molar-refractivity contribution in [2.75, 3.05) is 31.6 Å². The molecule has 3 N–H and O–H groups in total. The van der Waals surface area contributed by atoms with Gasteiger partial charge in [0.25, 0.3) is 0 Å². The second kappa shape index (κ2) is 12.3. The quantitative estimate of drug-likeness (QED) is 0.348. The van der Waals surface area contributed by atoms with E-state index in [0.29, 0.717) is 43.0 Å². The number of hydrogen-bond donors (Lipinski definition) is 3. The maximum absolute atomic E-state index is 9.39. The molecule has 0 radical (unpaired) electrons. The second-order valence-corrected chi connectivity index (χ2v) is 8.71. The molecule has 0 aliphatic heterocycles. The third-order valence-electron chi connectivity index (χ3n) is 6.18. The van der Waals surface area contributed by atoms with Crippen LogP contribution in [0.4, 0.5) is 11.6 Å². The topological polar surface area (TPSA) is 129 Å². The van der Waals surface area contributed by atoms with Crippen molar-refractivity contribution in [2.24, 2.45) is 0 Å². The lowest BCUT2D eigenvalue weighted by molar-refractivity contribution is 0.276. The Morgan fingerprint density at radius 1 is 1.23 bits per heavy atom. The normalized spacial score (nSPS) is 14.0. The fraction of sp³-hybridized carbons (Fsp3) is 0.462. The van der Waals surface area contributed by atoms with Gasteiger partial charge >= 0.3 is 0 Å². The van der Waals surface area contributed by atoms with Crippen molar-refractivity contribution in [3.63, 3.8) is 0 Å². The highest BCUT2D eigenvalue weighted by Crippen LogP contribution is 2.39. The van der Waals surface area contributed by atoms with Crippen LogP contribution in [0, 0.1) is 18.3 Å². The Morgan fingerprint density at radius 3 is 2.89 bits per heavy atom. The number of nitrogens with one attached hydrogen (secondary N) is 2. The van der Waals surface area contributed by atoms with Gasteiger partial charge in [-0.25, -0.2) is 9.97 Å². The summed E-state index contributed by atoms with van der Waals surface area (Å²) in [5.41, 5.74) is 4.08.